The second-order valence-corrected chi connectivity index (χ2v) is 6.08. The highest BCUT2D eigenvalue weighted by Crippen LogP contribution is 2.33. The Hall–Kier alpha value is -1.27. The molecule has 2 heterocycles. The minimum Gasteiger partial charge on any atom is -0.363 e. The largest absolute Gasteiger partial charge is 0.416 e. The summed E-state index contributed by atoms with van der Waals surface area (Å²) in [5, 5.41) is 2.76. The van der Waals surface area contributed by atoms with Gasteiger partial charge in [0.2, 0.25) is 0 Å². The number of alkyl halides is 3. The number of nitrogens with one attached hydrogen (secondary N) is 1. The van der Waals surface area contributed by atoms with Crippen LogP contribution in [0.1, 0.15) is 28.3 Å². The first-order valence-corrected chi connectivity index (χ1v) is 7.03. The smallest absolute Gasteiger partial charge is 0.363 e. The molecule has 0 saturated heterocycles. The van der Waals surface area contributed by atoms with Crippen LogP contribution in [0.3, 0.4) is 0 Å². The van der Waals surface area contributed by atoms with Crippen LogP contribution in [-0.2, 0) is 6.18 Å². The maximum Gasteiger partial charge on any atom is 0.416 e. The average Bonchev–Trinajstić information content (AvgIpc) is 2.74. The van der Waals surface area contributed by atoms with Crippen LogP contribution < -0.4 is 5.32 Å². The predicted molar refractivity (Wildman–Crippen MR) is 75.3 cm³/mol. The van der Waals surface area contributed by atoms with Crippen LogP contribution in [0.4, 0.5) is 19.0 Å². The van der Waals surface area contributed by atoms with E-state index in [-0.39, 0.29) is 17.0 Å². The van der Waals surface area contributed by atoms with Crippen molar-refractivity contribution in [2.75, 3.05) is 5.32 Å². The molecule has 0 radical (unpaired) electrons. The zero-order chi connectivity index (χ0) is 14.9. The first-order chi connectivity index (χ1) is 9.25. The number of thiophene rings is 1. The number of halogens is 4. The Bertz CT molecular complexity index is 610. The molecule has 0 saturated carbocycles. The van der Waals surface area contributed by atoms with Gasteiger partial charge in [0.05, 0.1) is 11.6 Å². The molecule has 1 atom stereocenters. The average molecular weight is 321 g/mol. The van der Waals surface area contributed by atoms with Gasteiger partial charge in [0.25, 0.3) is 0 Å². The first-order valence-electron chi connectivity index (χ1n) is 5.83. The van der Waals surface area contributed by atoms with Gasteiger partial charge in [-0.05, 0) is 38.1 Å². The Labute approximate surface area is 123 Å². The van der Waals surface area contributed by atoms with Crippen molar-refractivity contribution >= 4 is 28.8 Å². The van der Waals surface area contributed by atoms with Crippen molar-refractivity contribution in [1.29, 1.82) is 0 Å². The van der Waals surface area contributed by atoms with E-state index in [1.807, 2.05) is 26.0 Å². The fraction of sp³-hybridized carbons (Fsp3) is 0.308. The lowest BCUT2D eigenvalue weighted by Gasteiger charge is -2.15. The standard InChI is InChI=1S/C13H12ClF3N2S/c1-7-3-4-10(20-7)8(2)18-12-6-9(13(15,16)17)5-11(14)19-12/h3-6,8H,1-2H3,(H,18,19). The molecule has 2 rings (SSSR count). The van der Waals surface area contributed by atoms with E-state index in [0.29, 0.717) is 0 Å². The highest BCUT2D eigenvalue weighted by Gasteiger charge is 2.31. The summed E-state index contributed by atoms with van der Waals surface area (Å²) in [5.74, 6) is 0.114. The molecule has 2 aromatic rings. The molecule has 0 aromatic carbocycles. The number of rotatable bonds is 3. The number of hydrogen-bond acceptors (Lipinski definition) is 3. The molecule has 0 fully saturated rings. The van der Waals surface area contributed by atoms with Crippen LogP contribution in [0.15, 0.2) is 24.3 Å². The van der Waals surface area contributed by atoms with E-state index < -0.39 is 11.7 Å². The quantitative estimate of drug-likeness (QED) is 0.776. The van der Waals surface area contributed by atoms with Gasteiger partial charge >= 0.3 is 6.18 Å². The third kappa shape index (κ3) is 3.64. The summed E-state index contributed by atoms with van der Waals surface area (Å²) < 4.78 is 38.1. The summed E-state index contributed by atoms with van der Waals surface area (Å²) in [5.41, 5.74) is -0.811. The molecule has 0 aliphatic rings. The predicted octanol–water partition coefficient (Wildman–Crippen LogP) is 5.30. The van der Waals surface area contributed by atoms with Crippen LogP contribution in [0, 0.1) is 6.92 Å². The molecule has 108 valence electrons. The monoisotopic (exact) mass is 320 g/mol. The topological polar surface area (TPSA) is 24.9 Å². The lowest BCUT2D eigenvalue weighted by Crippen LogP contribution is -2.10. The van der Waals surface area contributed by atoms with Gasteiger partial charge in [0, 0.05) is 9.75 Å². The number of anilines is 1. The zero-order valence-corrected chi connectivity index (χ0v) is 12.3. The van der Waals surface area contributed by atoms with E-state index in [0.717, 1.165) is 21.9 Å². The third-order valence-electron chi connectivity index (χ3n) is 2.67. The van der Waals surface area contributed by atoms with Crippen LogP contribution in [-0.4, -0.2) is 4.98 Å². The fourth-order valence-corrected chi connectivity index (χ4v) is 2.80. The van der Waals surface area contributed by atoms with E-state index in [1.165, 1.54) is 0 Å². The minimum absolute atomic E-state index is 0.114. The van der Waals surface area contributed by atoms with E-state index in [2.05, 4.69) is 10.3 Å². The summed E-state index contributed by atoms with van der Waals surface area (Å²) in [7, 11) is 0. The summed E-state index contributed by atoms with van der Waals surface area (Å²) in [6.07, 6.45) is -4.44. The lowest BCUT2D eigenvalue weighted by molar-refractivity contribution is -0.137. The number of nitrogens with zero attached hydrogens (tertiary/aromatic N) is 1. The van der Waals surface area contributed by atoms with Crippen molar-refractivity contribution in [3.63, 3.8) is 0 Å². The second kappa shape index (κ2) is 5.61. The maximum atomic E-state index is 12.7. The lowest BCUT2D eigenvalue weighted by atomic mass is 10.2. The SMILES string of the molecule is Cc1ccc(C(C)Nc2cc(C(F)(F)F)cc(Cl)n2)s1. The molecule has 0 amide bonds. The molecular weight excluding hydrogens is 309 g/mol. The van der Waals surface area contributed by atoms with E-state index in [4.69, 9.17) is 11.6 Å². The van der Waals surface area contributed by atoms with Crippen LogP contribution in [0.2, 0.25) is 5.15 Å². The Kier molecular flexibility index (Phi) is 4.25. The highest BCUT2D eigenvalue weighted by atomic mass is 35.5. The van der Waals surface area contributed by atoms with Gasteiger partial charge in [-0.1, -0.05) is 11.6 Å². The molecule has 20 heavy (non-hydrogen) atoms. The van der Waals surface area contributed by atoms with Crippen molar-refractivity contribution in [3.8, 4) is 0 Å². The number of pyridine rings is 1. The van der Waals surface area contributed by atoms with Gasteiger partial charge < -0.3 is 5.32 Å². The molecule has 0 aliphatic carbocycles. The highest BCUT2D eigenvalue weighted by molar-refractivity contribution is 7.12. The molecule has 7 heteroatoms. The van der Waals surface area contributed by atoms with Gasteiger partial charge in [-0.2, -0.15) is 13.2 Å². The van der Waals surface area contributed by atoms with E-state index in [1.54, 1.807) is 11.3 Å². The van der Waals surface area contributed by atoms with Gasteiger partial charge in [-0.3, -0.25) is 0 Å². The van der Waals surface area contributed by atoms with Gasteiger partial charge in [-0.25, -0.2) is 4.98 Å². The Morgan fingerprint density at radius 1 is 1.30 bits per heavy atom. The first kappa shape index (κ1) is 15.1. The summed E-state index contributed by atoms with van der Waals surface area (Å²) in [4.78, 5) is 6.05. The Balaban J connectivity index is 2.23. The number of aryl methyl sites for hydroxylation is 1. The van der Waals surface area contributed by atoms with Gasteiger partial charge in [0.1, 0.15) is 11.0 Å². The van der Waals surface area contributed by atoms with Crippen molar-refractivity contribution in [1.82, 2.24) is 4.98 Å². The Morgan fingerprint density at radius 2 is 2.00 bits per heavy atom. The molecular formula is C13H12ClF3N2S. The van der Waals surface area contributed by atoms with Crippen LogP contribution in [0.25, 0.3) is 0 Å². The maximum absolute atomic E-state index is 12.7. The zero-order valence-electron chi connectivity index (χ0n) is 10.8. The second-order valence-electron chi connectivity index (χ2n) is 4.38. The van der Waals surface area contributed by atoms with Crippen molar-refractivity contribution in [2.45, 2.75) is 26.1 Å². The van der Waals surface area contributed by atoms with Crippen molar-refractivity contribution in [3.05, 3.63) is 44.7 Å². The van der Waals surface area contributed by atoms with Crippen molar-refractivity contribution in [2.24, 2.45) is 0 Å². The number of hydrogen-bond donors (Lipinski definition) is 1. The normalized spacial score (nSPS) is 13.3. The number of aromatic nitrogens is 1. The van der Waals surface area contributed by atoms with Crippen molar-refractivity contribution < 1.29 is 13.2 Å². The molecule has 1 unspecified atom stereocenters. The molecule has 2 nitrogen and oxygen atoms in total. The summed E-state index contributed by atoms with van der Waals surface area (Å²) in [6.45, 7) is 3.83. The summed E-state index contributed by atoms with van der Waals surface area (Å²) in [6, 6.07) is 5.54. The van der Waals surface area contributed by atoms with E-state index in [9.17, 15) is 13.2 Å². The molecule has 0 aliphatic heterocycles. The Morgan fingerprint density at radius 3 is 2.55 bits per heavy atom. The van der Waals surface area contributed by atoms with Crippen LogP contribution in [0.5, 0.6) is 0 Å². The molecule has 0 bridgehead atoms. The minimum atomic E-state index is -4.44. The molecule has 1 N–H and O–H groups in total. The molecule has 0 spiro atoms. The third-order valence-corrected chi connectivity index (χ3v) is 4.05. The van der Waals surface area contributed by atoms with E-state index >= 15 is 0 Å². The fourth-order valence-electron chi connectivity index (χ4n) is 1.71. The van der Waals surface area contributed by atoms with Crippen LogP contribution >= 0.6 is 22.9 Å². The molecule has 2 aromatic heterocycles. The van der Waals surface area contributed by atoms with Gasteiger partial charge in [0.15, 0.2) is 0 Å². The summed E-state index contributed by atoms with van der Waals surface area (Å²) >= 11 is 7.22. The van der Waals surface area contributed by atoms with Gasteiger partial charge in [-0.15, -0.1) is 11.3 Å².